The second-order valence-corrected chi connectivity index (χ2v) is 6.86. The first-order valence-corrected chi connectivity index (χ1v) is 7.96. The smallest absolute Gasteiger partial charge is 0.241 e. The van der Waals surface area contributed by atoms with Gasteiger partial charge in [-0.1, -0.05) is 19.3 Å². The van der Waals surface area contributed by atoms with Crippen LogP contribution in [0.25, 0.3) is 0 Å². The molecule has 2 rings (SSSR count). The number of aliphatic hydroxyl groups is 1. The molecule has 106 valence electrons. The summed E-state index contributed by atoms with van der Waals surface area (Å²) in [6.07, 6.45) is 4.32. The van der Waals surface area contributed by atoms with Gasteiger partial charge in [-0.2, -0.15) is 0 Å². The molecule has 0 aliphatic heterocycles. The number of nitrogens with two attached hydrogens (primary N) is 1. The van der Waals surface area contributed by atoms with Gasteiger partial charge in [-0.3, -0.25) is 0 Å². The molecule has 4 N–H and O–H groups in total. The Balaban J connectivity index is 2.22. The van der Waals surface area contributed by atoms with E-state index >= 15 is 0 Å². The quantitative estimate of drug-likeness (QED) is 0.725. The molecule has 1 aromatic carbocycles. The van der Waals surface area contributed by atoms with E-state index in [4.69, 9.17) is 5.73 Å². The lowest BCUT2D eigenvalue weighted by Crippen LogP contribution is -2.52. The Kier molecular flexibility index (Phi) is 4.13. The molecule has 0 saturated heterocycles. The molecule has 1 saturated carbocycles. The van der Waals surface area contributed by atoms with Crippen LogP contribution in [0.3, 0.4) is 0 Å². The summed E-state index contributed by atoms with van der Waals surface area (Å²) in [4.78, 5) is 0.181. The number of nitrogen functional groups attached to an aromatic ring is 1. The fourth-order valence-corrected chi connectivity index (χ4v) is 3.96. The third kappa shape index (κ3) is 3.26. The van der Waals surface area contributed by atoms with Crippen molar-refractivity contribution >= 4 is 15.7 Å². The van der Waals surface area contributed by atoms with Gasteiger partial charge >= 0.3 is 0 Å². The average Bonchev–Trinajstić information content (AvgIpc) is 2.40. The monoisotopic (exact) mass is 284 g/mol. The second kappa shape index (κ2) is 5.48. The van der Waals surface area contributed by atoms with Crippen molar-refractivity contribution in [1.82, 2.24) is 4.72 Å². The van der Waals surface area contributed by atoms with E-state index in [9.17, 15) is 13.5 Å². The third-order valence-electron chi connectivity index (χ3n) is 3.65. The van der Waals surface area contributed by atoms with Gasteiger partial charge in [0, 0.05) is 5.69 Å². The Hall–Kier alpha value is -1.11. The third-order valence-corrected chi connectivity index (χ3v) is 5.25. The fraction of sp³-hybridized carbons (Fsp3) is 0.538. The molecule has 0 spiro atoms. The highest BCUT2D eigenvalue weighted by Gasteiger charge is 2.35. The van der Waals surface area contributed by atoms with Crippen molar-refractivity contribution in [2.75, 3.05) is 12.3 Å². The highest BCUT2D eigenvalue weighted by Crippen LogP contribution is 2.29. The van der Waals surface area contributed by atoms with Crippen molar-refractivity contribution < 1.29 is 13.5 Å². The van der Waals surface area contributed by atoms with Crippen LogP contribution < -0.4 is 10.5 Å². The predicted octanol–water partition coefficient (Wildman–Crippen LogP) is 1.24. The van der Waals surface area contributed by atoms with Gasteiger partial charge in [-0.05, 0) is 37.1 Å². The number of aliphatic hydroxyl groups excluding tert-OH is 1. The highest BCUT2D eigenvalue weighted by molar-refractivity contribution is 7.89. The summed E-state index contributed by atoms with van der Waals surface area (Å²) >= 11 is 0. The van der Waals surface area contributed by atoms with Crippen molar-refractivity contribution in [3.8, 4) is 0 Å². The van der Waals surface area contributed by atoms with Crippen LogP contribution in [-0.4, -0.2) is 25.7 Å². The minimum atomic E-state index is -3.61. The Morgan fingerprint density at radius 3 is 2.26 bits per heavy atom. The standard InChI is InChI=1S/C13H20N2O3S/c14-11-4-6-12(7-5-11)19(17,18)15-13(10-16)8-2-1-3-9-13/h4-7,15-16H,1-3,8-10,14H2. The summed E-state index contributed by atoms with van der Waals surface area (Å²) in [5.74, 6) is 0. The van der Waals surface area contributed by atoms with Gasteiger partial charge < -0.3 is 10.8 Å². The minimum Gasteiger partial charge on any atom is -0.399 e. The molecule has 19 heavy (non-hydrogen) atoms. The summed E-state index contributed by atoms with van der Waals surface area (Å²) in [5.41, 5.74) is 5.36. The van der Waals surface area contributed by atoms with Crippen LogP contribution in [0, 0.1) is 0 Å². The van der Waals surface area contributed by atoms with Gasteiger partial charge in [0.15, 0.2) is 0 Å². The van der Waals surface area contributed by atoms with E-state index in [1.807, 2.05) is 0 Å². The molecule has 1 aliphatic carbocycles. The molecule has 1 fully saturated rings. The van der Waals surface area contributed by atoms with Crippen LogP contribution in [0.2, 0.25) is 0 Å². The van der Waals surface area contributed by atoms with Crippen molar-refractivity contribution in [3.05, 3.63) is 24.3 Å². The Morgan fingerprint density at radius 2 is 1.74 bits per heavy atom. The molecule has 6 heteroatoms. The minimum absolute atomic E-state index is 0.165. The van der Waals surface area contributed by atoms with Gasteiger partial charge in [0.25, 0.3) is 0 Å². The average molecular weight is 284 g/mol. The van der Waals surface area contributed by atoms with Crippen LogP contribution in [0.5, 0.6) is 0 Å². The molecule has 0 radical (unpaired) electrons. The molecule has 0 aromatic heterocycles. The maximum absolute atomic E-state index is 12.3. The maximum Gasteiger partial charge on any atom is 0.241 e. The van der Waals surface area contributed by atoms with Gasteiger partial charge in [-0.15, -0.1) is 0 Å². The fourth-order valence-electron chi connectivity index (χ4n) is 2.51. The van der Waals surface area contributed by atoms with E-state index < -0.39 is 15.6 Å². The Bertz CT molecular complexity index is 519. The molecular weight excluding hydrogens is 264 g/mol. The number of rotatable bonds is 4. The second-order valence-electron chi connectivity index (χ2n) is 5.17. The first-order valence-electron chi connectivity index (χ1n) is 6.48. The molecule has 0 bridgehead atoms. The largest absolute Gasteiger partial charge is 0.399 e. The number of sulfonamides is 1. The molecule has 1 aromatic rings. The number of nitrogens with one attached hydrogen (secondary N) is 1. The van der Waals surface area contributed by atoms with Gasteiger partial charge in [-0.25, -0.2) is 13.1 Å². The normalized spacial score (nSPS) is 19.2. The topological polar surface area (TPSA) is 92.4 Å². The van der Waals surface area contributed by atoms with Crippen molar-refractivity contribution in [2.45, 2.75) is 42.5 Å². The first-order chi connectivity index (χ1) is 8.97. The van der Waals surface area contributed by atoms with E-state index in [-0.39, 0.29) is 11.5 Å². The zero-order valence-corrected chi connectivity index (χ0v) is 11.6. The van der Waals surface area contributed by atoms with E-state index in [0.717, 1.165) is 19.3 Å². The summed E-state index contributed by atoms with van der Waals surface area (Å²) in [5, 5.41) is 9.55. The lowest BCUT2D eigenvalue weighted by molar-refractivity contribution is 0.142. The lowest BCUT2D eigenvalue weighted by atomic mass is 9.83. The SMILES string of the molecule is Nc1ccc(S(=O)(=O)NC2(CO)CCCCC2)cc1. The number of benzene rings is 1. The molecule has 0 atom stereocenters. The van der Waals surface area contributed by atoms with Crippen LogP contribution in [0.15, 0.2) is 29.2 Å². The van der Waals surface area contributed by atoms with Gasteiger partial charge in [0.05, 0.1) is 17.0 Å². The van der Waals surface area contributed by atoms with Crippen LogP contribution >= 0.6 is 0 Å². The Labute approximate surface area is 113 Å². The van der Waals surface area contributed by atoms with Crippen molar-refractivity contribution in [1.29, 1.82) is 0 Å². The van der Waals surface area contributed by atoms with Crippen molar-refractivity contribution in [2.24, 2.45) is 0 Å². The molecule has 5 nitrogen and oxygen atoms in total. The molecule has 0 heterocycles. The van der Waals surface area contributed by atoms with Crippen LogP contribution in [0.1, 0.15) is 32.1 Å². The Morgan fingerprint density at radius 1 is 1.16 bits per heavy atom. The molecular formula is C13H20N2O3S. The number of hydrogen-bond acceptors (Lipinski definition) is 4. The molecule has 1 aliphatic rings. The van der Waals surface area contributed by atoms with Crippen LogP contribution in [-0.2, 0) is 10.0 Å². The van der Waals surface area contributed by atoms with E-state index in [1.165, 1.54) is 12.1 Å². The molecule has 0 unspecified atom stereocenters. The van der Waals surface area contributed by atoms with E-state index in [1.54, 1.807) is 12.1 Å². The number of hydrogen-bond donors (Lipinski definition) is 3. The zero-order chi connectivity index (χ0) is 13.9. The first kappa shape index (κ1) is 14.3. The summed E-state index contributed by atoms with van der Waals surface area (Å²) < 4.78 is 27.3. The van der Waals surface area contributed by atoms with Gasteiger partial charge in [0.1, 0.15) is 0 Å². The highest BCUT2D eigenvalue weighted by atomic mass is 32.2. The predicted molar refractivity (Wildman–Crippen MR) is 74.1 cm³/mol. The van der Waals surface area contributed by atoms with E-state index in [0.29, 0.717) is 18.5 Å². The van der Waals surface area contributed by atoms with E-state index in [2.05, 4.69) is 4.72 Å². The van der Waals surface area contributed by atoms with Crippen LogP contribution in [0.4, 0.5) is 5.69 Å². The summed E-state index contributed by atoms with van der Waals surface area (Å²) in [6, 6.07) is 6.07. The molecule has 0 amide bonds. The summed E-state index contributed by atoms with van der Waals surface area (Å²) in [6.45, 7) is -0.165. The zero-order valence-electron chi connectivity index (χ0n) is 10.8. The van der Waals surface area contributed by atoms with Gasteiger partial charge in [0.2, 0.25) is 10.0 Å². The lowest BCUT2D eigenvalue weighted by Gasteiger charge is -2.36. The van der Waals surface area contributed by atoms with Crippen molar-refractivity contribution in [3.63, 3.8) is 0 Å². The summed E-state index contributed by atoms with van der Waals surface area (Å²) in [7, 11) is -3.61. The number of anilines is 1. The maximum atomic E-state index is 12.3.